The van der Waals surface area contributed by atoms with Crippen LogP contribution in [-0.2, 0) is 14.6 Å². The van der Waals surface area contributed by atoms with Gasteiger partial charge in [0.25, 0.3) is 0 Å². The summed E-state index contributed by atoms with van der Waals surface area (Å²) in [7, 11) is -1.95. The van der Waals surface area contributed by atoms with Gasteiger partial charge in [-0.3, -0.25) is 9.69 Å². The molecule has 0 aliphatic rings. The molecule has 0 amide bonds. The van der Waals surface area contributed by atoms with Gasteiger partial charge in [0, 0.05) is 11.9 Å². The second-order valence-corrected chi connectivity index (χ2v) is 9.20. The SMILES string of the molecule is CN(CCS(=O)(=O)c1ccc(-n2nc3ccc4ccccc4c3n2)cc1)CC(=O)O. The van der Waals surface area contributed by atoms with Crippen LogP contribution in [-0.4, -0.2) is 65.3 Å². The molecule has 1 heterocycles. The molecule has 0 fully saturated rings. The van der Waals surface area contributed by atoms with Crippen molar-refractivity contribution in [1.29, 1.82) is 0 Å². The first kappa shape index (κ1) is 20.0. The minimum absolute atomic E-state index is 0.134. The quantitative estimate of drug-likeness (QED) is 0.485. The lowest BCUT2D eigenvalue weighted by molar-refractivity contribution is -0.137. The van der Waals surface area contributed by atoms with E-state index in [1.807, 2.05) is 36.4 Å². The third-order valence-electron chi connectivity index (χ3n) is 4.85. The second-order valence-electron chi connectivity index (χ2n) is 7.09. The molecule has 0 radical (unpaired) electrons. The number of hydrogen-bond acceptors (Lipinski definition) is 6. The summed E-state index contributed by atoms with van der Waals surface area (Å²) in [4.78, 5) is 13.8. The molecule has 0 aliphatic heterocycles. The molecular formula is C21H20N4O4S. The number of aliphatic carboxylic acids is 1. The van der Waals surface area contributed by atoms with Gasteiger partial charge in [-0.2, -0.15) is 4.80 Å². The van der Waals surface area contributed by atoms with E-state index in [4.69, 9.17) is 5.11 Å². The lowest BCUT2D eigenvalue weighted by atomic mass is 10.1. The Kier molecular flexibility index (Phi) is 5.23. The van der Waals surface area contributed by atoms with Gasteiger partial charge in [-0.15, -0.1) is 10.2 Å². The van der Waals surface area contributed by atoms with Crippen molar-refractivity contribution in [2.24, 2.45) is 0 Å². The van der Waals surface area contributed by atoms with Crippen molar-refractivity contribution in [1.82, 2.24) is 19.9 Å². The van der Waals surface area contributed by atoms with E-state index in [2.05, 4.69) is 10.2 Å². The van der Waals surface area contributed by atoms with Gasteiger partial charge >= 0.3 is 5.97 Å². The summed E-state index contributed by atoms with van der Waals surface area (Å²) in [5, 5.41) is 19.9. The molecule has 0 unspecified atom stereocenters. The van der Waals surface area contributed by atoms with Gasteiger partial charge in [-0.05, 0) is 42.8 Å². The van der Waals surface area contributed by atoms with Gasteiger partial charge in [0.15, 0.2) is 9.84 Å². The average Bonchev–Trinajstić information content (AvgIpc) is 3.17. The molecule has 3 aromatic carbocycles. The van der Waals surface area contributed by atoms with Gasteiger partial charge in [0.1, 0.15) is 11.0 Å². The van der Waals surface area contributed by atoms with Crippen molar-refractivity contribution >= 4 is 37.6 Å². The number of hydrogen-bond donors (Lipinski definition) is 1. The van der Waals surface area contributed by atoms with Gasteiger partial charge in [0.2, 0.25) is 0 Å². The fraction of sp³-hybridized carbons (Fsp3) is 0.190. The minimum atomic E-state index is -3.53. The van der Waals surface area contributed by atoms with Crippen LogP contribution in [0.15, 0.2) is 65.6 Å². The van der Waals surface area contributed by atoms with Crippen LogP contribution in [0.5, 0.6) is 0 Å². The number of aromatic nitrogens is 3. The molecule has 0 atom stereocenters. The lowest BCUT2D eigenvalue weighted by Gasteiger charge is -2.13. The summed E-state index contributed by atoms with van der Waals surface area (Å²) in [6.07, 6.45) is 0. The van der Waals surface area contributed by atoms with E-state index in [0.717, 1.165) is 21.8 Å². The van der Waals surface area contributed by atoms with Crippen molar-refractivity contribution in [3.8, 4) is 5.69 Å². The van der Waals surface area contributed by atoms with Crippen molar-refractivity contribution in [2.45, 2.75) is 4.90 Å². The molecule has 9 heteroatoms. The van der Waals surface area contributed by atoms with E-state index in [9.17, 15) is 13.2 Å². The molecule has 1 N–H and O–H groups in total. The predicted molar refractivity (Wildman–Crippen MR) is 114 cm³/mol. The van der Waals surface area contributed by atoms with Gasteiger partial charge < -0.3 is 5.11 Å². The Morgan fingerprint density at radius 1 is 1.03 bits per heavy atom. The minimum Gasteiger partial charge on any atom is -0.480 e. The van der Waals surface area contributed by atoms with Crippen LogP contribution in [0.3, 0.4) is 0 Å². The largest absolute Gasteiger partial charge is 0.480 e. The Balaban J connectivity index is 1.57. The van der Waals surface area contributed by atoms with E-state index in [1.54, 1.807) is 19.2 Å². The summed E-state index contributed by atoms with van der Waals surface area (Å²) in [6.45, 7) is -0.0722. The van der Waals surface area contributed by atoms with Crippen molar-refractivity contribution in [3.63, 3.8) is 0 Å². The Labute approximate surface area is 173 Å². The number of fused-ring (bicyclic) bond motifs is 3. The Morgan fingerprint density at radius 3 is 2.50 bits per heavy atom. The zero-order valence-electron chi connectivity index (χ0n) is 16.3. The van der Waals surface area contributed by atoms with Crippen LogP contribution >= 0.6 is 0 Å². The number of sulfone groups is 1. The zero-order chi connectivity index (χ0) is 21.3. The molecule has 1 aromatic heterocycles. The van der Waals surface area contributed by atoms with Crippen LogP contribution in [0.2, 0.25) is 0 Å². The molecule has 0 saturated carbocycles. The van der Waals surface area contributed by atoms with Crippen LogP contribution in [0, 0.1) is 0 Å². The van der Waals surface area contributed by atoms with Crippen LogP contribution in [0.25, 0.3) is 27.5 Å². The maximum atomic E-state index is 12.5. The molecule has 8 nitrogen and oxygen atoms in total. The van der Waals surface area contributed by atoms with E-state index in [1.165, 1.54) is 21.8 Å². The Bertz CT molecular complexity index is 1330. The highest BCUT2D eigenvalue weighted by Crippen LogP contribution is 2.23. The van der Waals surface area contributed by atoms with Gasteiger partial charge in [-0.25, -0.2) is 8.42 Å². The molecule has 30 heavy (non-hydrogen) atoms. The summed E-state index contributed by atoms with van der Waals surface area (Å²) in [6, 6.07) is 18.2. The van der Waals surface area contributed by atoms with Crippen LogP contribution in [0.1, 0.15) is 0 Å². The Hall–Kier alpha value is -3.30. The highest BCUT2D eigenvalue weighted by molar-refractivity contribution is 7.91. The molecule has 154 valence electrons. The van der Waals surface area contributed by atoms with E-state index >= 15 is 0 Å². The van der Waals surface area contributed by atoms with E-state index in [-0.39, 0.29) is 23.7 Å². The molecule has 0 aliphatic carbocycles. The summed E-state index contributed by atoms with van der Waals surface area (Å²) < 4.78 is 25.1. The van der Waals surface area contributed by atoms with Crippen LogP contribution in [0.4, 0.5) is 0 Å². The van der Waals surface area contributed by atoms with Crippen molar-refractivity contribution < 1.29 is 18.3 Å². The first-order valence-corrected chi connectivity index (χ1v) is 11.0. The molecule has 4 aromatic rings. The molecule has 0 spiro atoms. The average molecular weight is 424 g/mol. The number of likely N-dealkylation sites (N-methyl/N-ethyl adjacent to an activating group) is 1. The molecule has 0 bridgehead atoms. The second kappa shape index (κ2) is 7.85. The molecular weight excluding hydrogens is 404 g/mol. The zero-order valence-corrected chi connectivity index (χ0v) is 17.1. The Morgan fingerprint density at radius 2 is 1.77 bits per heavy atom. The maximum absolute atomic E-state index is 12.5. The number of carboxylic acids is 1. The van der Waals surface area contributed by atoms with Gasteiger partial charge in [-0.1, -0.05) is 30.3 Å². The first-order chi connectivity index (χ1) is 14.3. The number of rotatable bonds is 7. The van der Waals surface area contributed by atoms with Gasteiger partial charge in [0.05, 0.1) is 22.9 Å². The highest BCUT2D eigenvalue weighted by atomic mass is 32.2. The molecule has 0 saturated heterocycles. The number of nitrogens with zero attached hydrogens (tertiary/aromatic N) is 4. The maximum Gasteiger partial charge on any atom is 0.317 e. The third-order valence-corrected chi connectivity index (χ3v) is 6.56. The third kappa shape index (κ3) is 4.03. The summed E-state index contributed by atoms with van der Waals surface area (Å²) in [5.41, 5.74) is 2.19. The number of carbonyl (C=O) groups is 1. The smallest absolute Gasteiger partial charge is 0.317 e. The summed E-state index contributed by atoms with van der Waals surface area (Å²) in [5.74, 6) is -1.16. The topological polar surface area (TPSA) is 105 Å². The monoisotopic (exact) mass is 424 g/mol. The highest BCUT2D eigenvalue weighted by Gasteiger charge is 2.17. The normalized spacial score (nSPS) is 12.1. The fourth-order valence-electron chi connectivity index (χ4n) is 3.25. The van der Waals surface area contributed by atoms with E-state index < -0.39 is 15.8 Å². The lowest BCUT2D eigenvalue weighted by Crippen LogP contribution is -2.30. The van der Waals surface area contributed by atoms with E-state index in [0.29, 0.717) is 5.69 Å². The number of benzene rings is 3. The standard InChI is InChI=1S/C21H20N4O4S/c1-24(14-20(26)27)12-13-30(28,29)17-9-7-16(8-10-17)25-22-19-11-6-15-4-2-3-5-18(15)21(19)23-25/h2-11H,12-14H2,1H3,(H,26,27). The van der Waals surface area contributed by atoms with Crippen LogP contribution < -0.4 is 0 Å². The summed E-state index contributed by atoms with van der Waals surface area (Å²) >= 11 is 0. The fourth-order valence-corrected chi connectivity index (χ4v) is 4.59. The number of carboxylic acid groups (broad SMARTS) is 1. The first-order valence-electron chi connectivity index (χ1n) is 9.32. The van der Waals surface area contributed by atoms with Crippen molar-refractivity contribution in [3.05, 3.63) is 60.7 Å². The predicted octanol–water partition coefficient (Wildman–Crippen LogP) is 2.36. The molecule has 4 rings (SSSR count). The van der Waals surface area contributed by atoms with Crippen molar-refractivity contribution in [2.75, 3.05) is 25.9 Å².